The van der Waals surface area contributed by atoms with Gasteiger partial charge in [0.05, 0.1) is 7.11 Å². The zero-order valence-electron chi connectivity index (χ0n) is 14.5. The second kappa shape index (κ2) is 11.1. The molecule has 0 aromatic heterocycles. The van der Waals surface area contributed by atoms with Gasteiger partial charge < -0.3 is 14.4 Å². The molecule has 2 aromatic rings. The van der Waals surface area contributed by atoms with Gasteiger partial charge in [0.15, 0.2) is 11.5 Å². The van der Waals surface area contributed by atoms with Crippen LogP contribution in [0.5, 0.6) is 11.5 Å². The number of benzene rings is 2. The Kier molecular flexibility index (Phi) is 9.50. The topological polar surface area (TPSA) is 24.9 Å². The molecule has 1 fully saturated rings. The molecule has 0 atom stereocenters. The Morgan fingerprint density at radius 1 is 0.800 bits per heavy atom. The van der Waals surface area contributed by atoms with Crippen molar-refractivity contribution in [2.75, 3.05) is 51.3 Å². The predicted octanol–water partition coefficient (Wildman–Crippen LogP) is 3.74. The molecule has 6 heteroatoms. The van der Waals surface area contributed by atoms with Crippen LogP contribution < -0.4 is 14.4 Å². The van der Waals surface area contributed by atoms with E-state index in [1.165, 1.54) is 5.69 Å². The second-order valence-corrected chi connectivity index (χ2v) is 5.66. The molecule has 1 aliphatic heterocycles. The number of anilines is 1. The number of nitrogens with zero attached hydrogens (tertiary/aromatic N) is 2. The summed E-state index contributed by atoms with van der Waals surface area (Å²) in [7, 11) is 1.67. The summed E-state index contributed by atoms with van der Waals surface area (Å²) in [4.78, 5) is 4.90. The number of para-hydroxylation sites is 3. The molecule has 1 aliphatic rings. The first-order chi connectivity index (χ1) is 11.4. The number of rotatable bonds is 6. The molecular weight excluding hydrogens is 359 g/mol. The van der Waals surface area contributed by atoms with Gasteiger partial charge in [-0.1, -0.05) is 30.3 Å². The first-order valence-electron chi connectivity index (χ1n) is 8.15. The summed E-state index contributed by atoms with van der Waals surface area (Å²) >= 11 is 0. The largest absolute Gasteiger partial charge is 0.493 e. The van der Waals surface area contributed by atoms with Crippen LogP contribution in [-0.2, 0) is 0 Å². The van der Waals surface area contributed by atoms with E-state index < -0.39 is 0 Å². The van der Waals surface area contributed by atoms with Gasteiger partial charge in [0.25, 0.3) is 0 Å². The Morgan fingerprint density at radius 3 is 2.04 bits per heavy atom. The summed E-state index contributed by atoms with van der Waals surface area (Å²) in [6.45, 7) is 5.91. The van der Waals surface area contributed by atoms with E-state index in [4.69, 9.17) is 9.47 Å². The van der Waals surface area contributed by atoms with Gasteiger partial charge in [0, 0.05) is 38.4 Å². The Morgan fingerprint density at radius 2 is 1.40 bits per heavy atom. The SMILES string of the molecule is COc1ccccc1OCCN1CCN(c2ccccc2)CC1.Cl.Cl. The van der Waals surface area contributed by atoms with Crippen molar-refractivity contribution in [2.24, 2.45) is 0 Å². The molecule has 0 bridgehead atoms. The molecule has 0 saturated carbocycles. The summed E-state index contributed by atoms with van der Waals surface area (Å²) in [5.74, 6) is 1.61. The van der Waals surface area contributed by atoms with Crippen LogP contribution >= 0.6 is 24.8 Å². The van der Waals surface area contributed by atoms with Crippen LogP contribution in [0.3, 0.4) is 0 Å². The standard InChI is InChI=1S/C19H24N2O2.2ClH/c1-22-18-9-5-6-10-19(18)23-16-15-20-11-13-21(14-12-20)17-7-3-2-4-8-17;;/h2-10H,11-16H2,1H3;2*1H. The minimum Gasteiger partial charge on any atom is -0.493 e. The van der Waals surface area contributed by atoms with Gasteiger partial charge in [-0.15, -0.1) is 24.8 Å². The highest BCUT2D eigenvalue weighted by molar-refractivity contribution is 5.85. The lowest BCUT2D eigenvalue weighted by molar-refractivity contribution is 0.197. The summed E-state index contributed by atoms with van der Waals surface area (Å²) in [5.41, 5.74) is 1.32. The molecule has 3 rings (SSSR count). The summed E-state index contributed by atoms with van der Waals surface area (Å²) in [5, 5.41) is 0. The number of hydrogen-bond donors (Lipinski definition) is 0. The molecule has 1 heterocycles. The molecular formula is C19H26Cl2N2O2. The van der Waals surface area contributed by atoms with Crippen molar-refractivity contribution in [2.45, 2.75) is 0 Å². The molecule has 0 N–H and O–H groups in total. The van der Waals surface area contributed by atoms with Crippen LogP contribution in [0.1, 0.15) is 0 Å². The Balaban J connectivity index is 0.00000156. The maximum Gasteiger partial charge on any atom is 0.161 e. The smallest absolute Gasteiger partial charge is 0.161 e. The molecule has 25 heavy (non-hydrogen) atoms. The van der Waals surface area contributed by atoms with Crippen molar-refractivity contribution in [1.29, 1.82) is 0 Å². The third kappa shape index (κ3) is 5.99. The zero-order valence-corrected chi connectivity index (χ0v) is 16.1. The fraction of sp³-hybridized carbons (Fsp3) is 0.368. The Bertz CT molecular complexity index is 605. The highest BCUT2D eigenvalue weighted by Gasteiger charge is 2.16. The predicted molar refractivity (Wildman–Crippen MR) is 108 cm³/mol. The first kappa shape index (κ1) is 21.4. The summed E-state index contributed by atoms with van der Waals surface area (Å²) in [6, 6.07) is 18.4. The van der Waals surface area contributed by atoms with E-state index in [1.807, 2.05) is 24.3 Å². The average molecular weight is 385 g/mol. The molecule has 2 aromatic carbocycles. The first-order valence-corrected chi connectivity index (χ1v) is 8.15. The van der Waals surface area contributed by atoms with Crippen molar-refractivity contribution in [1.82, 2.24) is 4.90 Å². The van der Waals surface area contributed by atoms with Crippen LogP contribution in [0, 0.1) is 0 Å². The number of halogens is 2. The molecule has 1 saturated heterocycles. The van der Waals surface area contributed by atoms with Crippen molar-refractivity contribution >= 4 is 30.5 Å². The molecule has 0 aliphatic carbocycles. The van der Waals surface area contributed by atoms with E-state index in [0.29, 0.717) is 6.61 Å². The van der Waals surface area contributed by atoms with Crippen LogP contribution in [0.25, 0.3) is 0 Å². The Labute approximate surface area is 162 Å². The fourth-order valence-electron chi connectivity index (χ4n) is 2.89. The van der Waals surface area contributed by atoms with Gasteiger partial charge >= 0.3 is 0 Å². The number of hydrogen-bond acceptors (Lipinski definition) is 4. The maximum absolute atomic E-state index is 5.86. The molecule has 0 unspecified atom stereocenters. The molecule has 138 valence electrons. The van der Waals surface area contributed by atoms with Crippen LogP contribution in [0.15, 0.2) is 54.6 Å². The highest BCUT2D eigenvalue weighted by atomic mass is 35.5. The van der Waals surface area contributed by atoms with Crippen LogP contribution in [0.4, 0.5) is 5.69 Å². The molecule has 0 amide bonds. The van der Waals surface area contributed by atoms with Crippen molar-refractivity contribution in [3.8, 4) is 11.5 Å². The van der Waals surface area contributed by atoms with E-state index in [1.54, 1.807) is 7.11 Å². The van der Waals surface area contributed by atoms with Crippen LogP contribution in [-0.4, -0.2) is 51.3 Å². The summed E-state index contributed by atoms with van der Waals surface area (Å²) < 4.78 is 11.2. The van der Waals surface area contributed by atoms with E-state index in [9.17, 15) is 0 Å². The van der Waals surface area contributed by atoms with Gasteiger partial charge in [-0.05, 0) is 24.3 Å². The minimum absolute atomic E-state index is 0. The van der Waals surface area contributed by atoms with Gasteiger partial charge in [0.1, 0.15) is 6.61 Å². The highest BCUT2D eigenvalue weighted by Crippen LogP contribution is 2.25. The average Bonchev–Trinajstić information content (AvgIpc) is 2.63. The third-order valence-electron chi connectivity index (χ3n) is 4.23. The lowest BCUT2D eigenvalue weighted by Crippen LogP contribution is -2.47. The number of ether oxygens (including phenoxy) is 2. The van der Waals surface area contributed by atoms with E-state index in [-0.39, 0.29) is 24.8 Å². The van der Waals surface area contributed by atoms with E-state index >= 15 is 0 Å². The minimum atomic E-state index is 0. The normalized spacial score (nSPS) is 14.2. The second-order valence-electron chi connectivity index (χ2n) is 5.66. The monoisotopic (exact) mass is 384 g/mol. The van der Waals surface area contributed by atoms with Crippen molar-refractivity contribution < 1.29 is 9.47 Å². The molecule has 0 spiro atoms. The van der Waals surface area contributed by atoms with Gasteiger partial charge in [-0.25, -0.2) is 0 Å². The third-order valence-corrected chi connectivity index (χ3v) is 4.23. The van der Waals surface area contributed by atoms with Crippen LogP contribution in [0.2, 0.25) is 0 Å². The summed E-state index contributed by atoms with van der Waals surface area (Å²) in [6.07, 6.45) is 0. The molecule has 4 nitrogen and oxygen atoms in total. The number of piperazine rings is 1. The van der Waals surface area contributed by atoms with Gasteiger partial charge in [0.2, 0.25) is 0 Å². The lowest BCUT2D eigenvalue weighted by Gasteiger charge is -2.36. The van der Waals surface area contributed by atoms with E-state index in [0.717, 1.165) is 44.2 Å². The van der Waals surface area contributed by atoms with Crippen molar-refractivity contribution in [3.63, 3.8) is 0 Å². The van der Waals surface area contributed by atoms with Crippen molar-refractivity contribution in [3.05, 3.63) is 54.6 Å². The van der Waals surface area contributed by atoms with Gasteiger partial charge in [-0.3, -0.25) is 4.90 Å². The Hall–Kier alpha value is -1.62. The lowest BCUT2D eigenvalue weighted by atomic mass is 10.2. The quantitative estimate of drug-likeness (QED) is 0.757. The zero-order chi connectivity index (χ0) is 15.9. The fourth-order valence-corrected chi connectivity index (χ4v) is 2.89. The van der Waals surface area contributed by atoms with Gasteiger partial charge in [-0.2, -0.15) is 0 Å². The number of methoxy groups -OCH3 is 1. The maximum atomic E-state index is 5.86. The van der Waals surface area contributed by atoms with E-state index in [2.05, 4.69) is 40.1 Å². The molecule has 0 radical (unpaired) electrons.